The van der Waals surface area contributed by atoms with Crippen molar-refractivity contribution in [2.75, 3.05) is 6.54 Å². The fourth-order valence-electron chi connectivity index (χ4n) is 2.25. The number of rotatable bonds is 6. The number of furan rings is 1. The summed E-state index contributed by atoms with van der Waals surface area (Å²) >= 11 is 0. The van der Waals surface area contributed by atoms with Gasteiger partial charge in [0.2, 0.25) is 5.91 Å². The normalized spacial score (nSPS) is 10.5. The predicted molar refractivity (Wildman–Crippen MR) is 89.2 cm³/mol. The summed E-state index contributed by atoms with van der Waals surface area (Å²) in [5.41, 5.74) is 1.45. The van der Waals surface area contributed by atoms with Gasteiger partial charge in [0, 0.05) is 24.5 Å². The van der Waals surface area contributed by atoms with E-state index in [1.54, 1.807) is 18.3 Å². The number of amides is 2. The van der Waals surface area contributed by atoms with Gasteiger partial charge in [0.25, 0.3) is 5.91 Å². The van der Waals surface area contributed by atoms with Crippen LogP contribution in [0.15, 0.2) is 59.1 Å². The van der Waals surface area contributed by atoms with Crippen LogP contribution in [0.1, 0.15) is 22.7 Å². The molecule has 2 N–H and O–H groups in total. The van der Waals surface area contributed by atoms with E-state index in [4.69, 9.17) is 4.42 Å². The minimum absolute atomic E-state index is 0.148. The van der Waals surface area contributed by atoms with E-state index in [-0.39, 0.29) is 30.5 Å². The zero-order valence-electron chi connectivity index (χ0n) is 13.0. The highest BCUT2D eigenvalue weighted by molar-refractivity contribution is 5.96. The fourth-order valence-corrected chi connectivity index (χ4v) is 2.25. The number of hydrogen-bond acceptors (Lipinski definition) is 4. The molecule has 0 saturated carbocycles. The molecule has 0 saturated heterocycles. The number of aromatic nitrogens is 1. The molecule has 2 heterocycles. The minimum Gasteiger partial charge on any atom is -0.451 e. The van der Waals surface area contributed by atoms with Gasteiger partial charge in [0.15, 0.2) is 5.76 Å². The van der Waals surface area contributed by atoms with Crippen molar-refractivity contribution in [1.82, 2.24) is 15.6 Å². The van der Waals surface area contributed by atoms with Crippen molar-refractivity contribution < 1.29 is 14.0 Å². The summed E-state index contributed by atoms with van der Waals surface area (Å²) in [5, 5.41) is 6.31. The van der Waals surface area contributed by atoms with Gasteiger partial charge in [-0.1, -0.05) is 24.3 Å². The minimum atomic E-state index is -0.330. The molecule has 6 heteroatoms. The maximum Gasteiger partial charge on any atom is 0.287 e. The Bertz CT molecular complexity index is 810. The summed E-state index contributed by atoms with van der Waals surface area (Å²) in [5.74, 6) is -0.237. The number of benzene rings is 1. The molecule has 0 aliphatic carbocycles. The first kappa shape index (κ1) is 15.7. The highest BCUT2D eigenvalue weighted by atomic mass is 16.3. The first-order valence-corrected chi connectivity index (χ1v) is 7.66. The number of hydrogen-bond donors (Lipinski definition) is 2. The molecule has 122 valence electrons. The highest BCUT2D eigenvalue weighted by Gasteiger charge is 2.12. The SMILES string of the molecule is O=C(CCNC(=O)c1cc2ccccc2o1)NCc1ccccn1. The summed E-state index contributed by atoms with van der Waals surface area (Å²) in [4.78, 5) is 27.9. The Morgan fingerprint density at radius 1 is 1.04 bits per heavy atom. The standard InChI is InChI=1S/C18H17N3O3/c22-17(21-12-14-6-3-4-9-19-14)8-10-20-18(23)16-11-13-5-1-2-7-15(13)24-16/h1-7,9,11H,8,10,12H2,(H,20,23)(H,21,22). The summed E-state index contributed by atoms with van der Waals surface area (Å²) in [6.07, 6.45) is 1.87. The van der Waals surface area contributed by atoms with E-state index in [9.17, 15) is 9.59 Å². The number of carbonyl (C=O) groups is 2. The van der Waals surface area contributed by atoms with Crippen LogP contribution in [0.3, 0.4) is 0 Å². The average Bonchev–Trinajstić information content (AvgIpc) is 3.05. The van der Waals surface area contributed by atoms with Gasteiger partial charge in [-0.2, -0.15) is 0 Å². The van der Waals surface area contributed by atoms with Crippen molar-refractivity contribution >= 4 is 22.8 Å². The number of para-hydroxylation sites is 1. The second-order valence-electron chi connectivity index (χ2n) is 5.25. The zero-order chi connectivity index (χ0) is 16.8. The molecule has 0 spiro atoms. The molecule has 6 nitrogen and oxygen atoms in total. The Morgan fingerprint density at radius 3 is 2.67 bits per heavy atom. The molecule has 0 bridgehead atoms. The monoisotopic (exact) mass is 323 g/mol. The number of carbonyl (C=O) groups excluding carboxylic acids is 2. The van der Waals surface area contributed by atoms with Gasteiger partial charge in [-0.05, 0) is 24.3 Å². The van der Waals surface area contributed by atoms with Crippen LogP contribution in [-0.4, -0.2) is 23.3 Å². The van der Waals surface area contributed by atoms with Gasteiger partial charge in [0.05, 0.1) is 12.2 Å². The van der Waals surface area contributed by atoms with Crippen LogP contribution in [0.5, 0.6) is 0 Å². The highest BCUT2D eigenvalue weighted by Crippen LogP contribution is 2.18. The van der Waals surface area contributed by atoms with Crippen molar-refractivity contribution in [2.45, 2.75) is 13.0 Å². The summed E-state index contributed by atoms with van der Waals surface area (Å²) in [7, 11) is 0. The molecular formula is C18H17N3O3. The Kier molecular flexibility index (Phi) is 4.86. The van der Waals surface area contributed by atoms with Gasteiger partial charge in [-0.25, -0.2) is 0 Å². The third kappa shape index (κ3) is 3.98. The summed E-state index contributed by atoms with van der Waals surface area (Å²) in [6, 6.07) is 14.6. The van der Waals surface area contributed by atoms with Crippen molar-refractivity contribution in [3.8, 4) is 0 Å². The van der Waals surface area contributed by atoms with E-state index in [0.717, 1.165) is 11.1 Å². The molecule has 0 fully saturated rings. The predicted octanol–water partition coefficient (Wildman–Crippen LogP) is 2.26. The third-order valence-corrected chi connectivity index (χ3v) is 3.48. The topological polar surface area (TPSA) is 84.2 Å². The number of pyridine rings is 1. The second-order valence-corrected chi connectivity index (χ2v) is 5.25. The van der Waals surface area contributed by atoms with Crippen LogP contribution in [-0.2, 0) is 11.3 Å². The molecule has 0 unspecified atom stereocenters. The van der Waals surface area contributed by atoms with Crippen molar-refractivity contribution in [3.63, 3.8) is 0 Å². The molecule has 0 aliphatic heterocycles. The van der Waals surface area contributed by atoms with E-state index < -0.39 is 0 Å². The Labute approximate surface area is 138 Å². The third-order valence-electron chi connectivity index (χ3n) is 3.48. The molecule has 3 aromatic rings. The Balaban J connectivity index is 1.43. The average molecular weight is 323 g/mol. The van der Waals surface area contributed by atoms with E-state index in [1.165, 1.54) is 0 Å². The lowest BCUT2D eigenvalue weighted by Crippen LogP contribution is -2.30. The van der Waals surface area contributed by atoms with Gasteiger partial charge >= 0.3 is 0 Å². The van der Waals surface area contributed by atoms with Gasteiger partial charge in [-0.3, -0.25) is 14.6 Å². The Hall–Kier alpha value is -3.15. The first-order valence-electron chi connectivity index (χ1n) is 7.66. The van der Waals surface area contributed by atoms with Crippen molar-refractivity contribution in [1.29, 1.82) is 0 Å². The van der Waals surface area contributed by atoms with E-state index >= 15 is 0 Å². The van der Waals surface area contributed by atoms with Crippen LogP contribution < -0.4 is 10.6 Å². The number of nitrogens with one attached hydrogen (secondary N) is 2. The van der Waals surface area contributed by atoms with Gasteiger partial charge in [0.1, 0.15) is 5.58 Å². The van der Waals surface area contributed by atoms with E-state index in [2.05, 4.69) is 15.6 Å². The smallest absolute Gasteiger partial charge is 0.287 e. The molecule has 0 aliphatic rings. The van der Waals surface area contributed by atoms with Gasteiger partial charge < -0.3 is 15.1 Å². The molecule has 1 aromatic carbocycles. The quantitative estimate of drug-likeness (QED) is 0.729. The Morgan fingerprint density at radius 2 is 1.88 bits per heavy atom. The van der Waals surface area contributed by atoms with Gasteiger partial charge in [-0.15, -0.1) is 0 Å². The second kappa shape index (κ2) is 7.41. The molecule has 0 atom stereocenters. The first-order chi connectivity index (χ1) is 11.7. The number of fused-ring (bicyclic) bond motifs is 1. The molecule has 2 aromatic heterocycles. The zero-order valence-corrected chi connectivity index (χ0v) is 13.0. The number of nitrogens with zero attached hydrogens (tertiary/aromatic N) is 1. The molecule has 24 heavy (non-hydrogen) atoms. The molecular weight excluding hydrogens is 306 g/mol. The molecule has 2 amide bonds. The molecule has 3 rings (SSSR count). The maximum absolute atomic E-state index is 12.0. The summed E-state index contributed by atoms with van der Waals surface area (Å²) < 4.78 is 5.47. The van der Waals surface area contributed by atoms with Crippen LogP contribution in [0, 0.1) is 0 Å². The van der Waals surface area contributed by atoms with Crippen LogP contribution in [0.2, 0.25) is 0 Å². The lowest BCUT2D eigenvalue weighted by atomic mass is 10.2. The largest absolute Gasteiger partial charge is 0.451 e. The van der Waals surface area contributed by atoms with Crippen LogP contribution in [0.4, 0.5) is 0 Å². The van der Waals surface area contributed by atoms with Crippen molar-refractivity contribution in [3.05, 3.63) is 66.2 Å². The van der Waals surface area contributed by atoms with Crippen molar-refractivity contribution in [2.24, 2.45) is 0 Å². The maximum atomic E-state index is 12.0. The van der Waals surface area contributed by atoms with E-state index in [0.29, 0.717) is 12.1 Å². The lowest BCUT2D eigenvalue weighted by Gasteiger charge is -2.05. The fraction of sp³-hybridized carbons (Fsp3) is 0.167. The van der Waals surface area contributed by atoms with Crippen LogP contribution >= 0.6 is 0 Å². The lowest BCUT2D eigenvalue weighted by molar-refractivity contribution is -0.121. The van der Waals surface area contributed by atoms with Crippen LogP contribution in [0.25, 0.3) is 11.0 Å². The van der Waals surface area contributed by atoms with E-state index in [1.807, 2.05) is 36.4 Å². The molecule has 0 radical (unpaired) electrons. The summed E-state index contributed by atoms with van der Waals surface area (Å²) in [6.45, 7) is 0.612.